The molecule has 0 radical (unpaired) electrons. The van der Waals surface area contributed by atoms with Crippen LogP contribution in [0.5, 0.6) is 0 Å². The summed E-state index contributed by atoms with van der Waals surface area (Å²) in [5, 5.41) is 5.70. The highest BCUT2D eigenvalue weighted by molar-refractivity contribution is 5.96. The van der Waals surface area contributed by atoms with Crippen LogP contribution in [0.2, 0.25) is 0 Å². The number of ether oxygens (including phenoxy) is 1. The van der Waals surface area contributed by atoms with Gasteiger partial charge in [0.25, 0.3) is 0 Å². The third-order valence-electron chi connectivity index (χ3n) is 4.71. The van der Waals surface area contributed by atoms with E-state index in [1.165, 1.54) is 32.8 Å². The van der Waals surface area contributed by atoms with Crippen LogP contribution in [0.4, 0.5) is 5.69 Å². The number of anilines is 1. The molecule has 1 atom stereocenters. The maximum absolute atomic E-state index is 11.6. The van der Waals surface area contributed by atoms with E-state index in [2.05, 4.69) is 44.3 Å². The number of benzene rings is 2. The number of methoxy groups -OCH3 is 1. The quantitative estimate of drug-likeness (QED) is 0.578. The molecule has 0 spiro atoms. The lowest BCUT2D eigenvalue weighted by Crippen LogP contribution is -2.07. The molecule has 1 N–H and O–H groups in total. The summed E-state index contributed by atoms with van der Waals surface area (Å²) in [5.74, 6) is 1.27. The van der Waals surface area contributed by atoms with Gasteiger partial charge in [-0.1, -0.05) is 52.2 Å². The molecule has 0 bridgehead atoms. The van der Waals surface area contributed by atoms with Gasteiger partial charge in [-0.3, -0.25) is 0 Å². The Morgan fingerprint density at radius 1 is 1.00 bits per heavy atom. The highest BCUT2D eigenvalue weighted by atomic mass is 16.5. The third kappa shape index (κ3) is 6.08. The van der Waals surface area contributed by atoms with Crippen LogP contribution in [0.1, 0.15) is 56.8 Å². The fourth-order valence-corrected chi connectivity index (χ4v) is 3.08. The minimum Gasteiger partial charge on any atom is -0.465 e. The Morgan fingerprint density at radius 3 is 2.44 bits per heavy atom. The van der Waals surface area contributed by atoms with Crippen LogP contribution < -0.4 is 5.32 Å². The Bertz CT molecular complexity index is 693. The van der Waals surface area contributed by atoms with Crippen LogP contribution in [0.25, 0.3) is 10.8 Å². The van der Waals surface area contributed by atoms with Gasteiger partial charge < -0.3 is 10.1 Å². The predicted molar refractivity (Wildman–Crippen MR) is 106 cm³/mol. The summed E-state index contributed by atoms with van der Waals surface area (Å²) in [7, 11) is 1.41. The van der Waals surface area contributed by atoms with E-state index < -0.39 is 0 Å². The molecule has 2 aromatic rings. The fourth-order valence-electron chi connectivity index (χ4n) is 3.08. The van der Waals surface area contributed by atoms with Gasteiger partial charge in [0.2, 0.25) is 0 Å². The van der Waals surface area contributed by atoms with Crippen LogP contribution in [0.15, 0.2) is 36.4 Å². The van der Waals surface area contributed by atoms with E-state index in [9.17, 15) is 4.79 Å². The monoisotopic (exact) mass is 341 g/mol. The van der Waals surface area contributed by atoms with E-state index in [-0.39, 0.29) is 5.97 Å². The van der Waals surface area contributed by atoms with Crippen LogP contribution in [0.3, 0.4) is 0 Å². The van der Waals surface area contributed by atoms with Crippen molar-refractivity contribution in [1.82, 2.24) is 0 Å². The Balaban J connectivity index is 1.86. The predicted octanol–water partition coefficient (Wildman–Crippen LogP) is 5.89. The van der Waals surface area contributed by atoms with Gasteiger partial charge in [-0.2, -0.15) is 0 Å². The van der Waals surface area contributed by atoms with Crippen LogP contribution in [-0.4, -0.2) is 19.6 Å². The molecule has 3 heteroatoms. The zero-order chi connectivity index (χ0) is 18.2. The maximum atomic E-state index is 11.6. The van der Waals surface area contributed by atoms with Crippen molar-refractivity contribution in [2.75, 3.05) is 19.0 Å². The van der Waals surface area contributed by atoms with E-state index in [1.807, 2.05) is 18.2 Å². The number of esters is 1. The summed E-state index contributed by atoms with van der Waals surface area (Å²) < 4.78 is 4.77. The van der Waals surface area contributed by atoms with Gasteiger partial charge in [-0.25, -0.2) is 4.79 Å². The first-order valence-corrected chi connectivity index (χ1v) is 9.35. The Hall–Kier alpha value is -2.03. The van der Waals surface area contributed by atoms with Crippen LogP contribution in [0, 0.1) is 11.8 Å². The fraction of sp³-hybridized carbons (Fsp3) is 0.500. The summed E-state index contributed by atoms with van der Waals surface area (Å²) in [6.45, 7) is 7.92. The largest absolute Gasteiger partial charge is 0.465 e. The lowest BCUT2D eigenvalue weighted by Gasteiger charge is -2.14. The summed E-state index contributed by atoms with van der Waals surface area (Å²) in [6.07, 6.45) is 5.17. The van der Waals surface area contributed by atoms with Gasteiger partial charge in [0.15, 0.2) is 0 Å². The van der Waals surface area contributed by atoms with E-state index in [1.54, 1.807) is 0 Å². The van der Waals surface area contributed by atoms with Gasteiger partial charge >= 0.3 is 5.97 Å². The number of fused-ring (bicyclic) bond motifs is 1. The van der Waals surface area contributed by atoms with Crippen molar-refractivity contribution in [3.63, 3.8) is 0 Å². The standard InChI is InChI=1S/C22H31NO2/c1-16(2)6-5-7-17(3)12-13-23-21-11-10-18-14-20(22(24)25-4)9-8-19(18)15-21/h8-11,14-17,23H,5-7,12-13H2,1-4H3. The molecular formula is C22H31NO2. The second-order valence-corrected chi connectivity index (χ2v) is 7.41. The van der Waals surface area contributed by atoms with Crippen molar-refractivity contribution >= 4 is 22.4 Å². The van der Waals surface area contributed by atoms with Gasteiger partial charge in [-0.05, 0) is 53.3 Å². The van der Waals surface area contributed by atoms with Crippen molar-refractivity contribution in [3.05, 3.63) is 42.0 Å². The topological polar surface area (TPSA) is 38.3 Å². The maximum Gasteiger partial charge on any atom is 0.337 e. The first-order valence-electron chi connectivity index (χ1n) is 9.35. The van der Waals surface area contributed by atoms with Crippen molar-refractivity contribution < 1.29 is 9.53 Å². The second kappa shape index (κ2) is 9.45. The molecule has 1 unspecified atom stereocenters. The van der Waals surface area contributed by atoms with Crippen molar-refractivity contribution in [2.24, 2.45) is 11.8 Å². The molecule has 136 valence electrons. The van der Waals surface area contributed by atoms with E-state index in [4.69, 9.17) is 4.74 Å². The molecule has 0 amide bonds. The number of rotatable bonds is 9. The molecule has 25 heavy (non-hydrogen) atoms. The van der Waals surface area contributed by atoms with Gasteiger partial charge in [-0.15, -0.1) is 0 Å². The smallest absolute Gasteiger partial charge is 0.337 e. The summed E-state index contributed by atoms with van der Waals surface area (Å²) >= 11 is 0. The van der Waals surface area contributed by atoms with Gasteiger partial charge in [0.1, 0.15) is 0 Å². The molecule has 0 heterocycles. The molecule has 0 aliphatic rings. The van der Waals surface area contributed by atoms with E-state index in [0.717, 1.165) is 34.8 Å². The molecule has 0 aromatic heterocycles. The highest BCUT2D eigenvalue weighted by Gasteiger charge is 2.07. The SMILES string of the molecule is COC(=O)c1ccc2cc(NCCC(C)CCCC(C)C)ccc2c1. The zero-order valence-electron chi connectivity index (χ0n) is 16.0. The molecule has 2 aromatic carbocycles. The van der Waals surface area contributed by atoms with E-state index >= 15 is 0 Å². The molecule has 0 aliphatic heterocycles. The van der Waals surface area contributed by atoms with Crippen molar-refractivity contribution in [2.45, 2.75) is 46.5 Å². The lowest BCUT2D eigenvalue weighted by atomic mass is 9.97. The Labute approximate surface area is 151 Å². The summed E-state index contributed by atoms with van der Waals surface area (Å²) in [6, 6.07) is 11.9. The van der Waals surface area contributed by atoms with Crippen LogP contribution >= 0.6 is 0 Å². The van der Waals surface area contributed by atoms with E-state index in [0.29, 0.717) is 5.56 Å². The third-order valence-corrected chi connectivity index (χ3v) is 4.71. The number of nitrogens with one attached hydrogen (secondary N) is 1. The lowest BCUT2D eigenvalue weighted by molar-refractivity contribution is 0.0601. The minimum absolute atomic E-state index is 0.296. The normalized spacial score (nSPS) is 12.4. The van der Waals surface area contributed by atoms with Crippen molar-refractivity contribution in [1.29, 1.82) is 0 Å². The molecule has 0 saturated carbocycles. The van der Waals surface area contributed by atoms with Crippen molar-refractivity contribution in [3.8, 4) is 0 Å². The Kier molecular flexibility index (Phi) is 7.30. The molecule has 0 aliphatic carbocycles. The Morgan fingerprint density at radius 2 is 1.72 bits per heavy atom. The first kappa shape index (κ1) is 19.3. The highest BCUT2D eigenvalue weighted by Crippen LogP contribution is 2.22. The summed E-state index contributed by atoms with van der Waals surface area (Å²) in [4.78, 5) is 11.6. The second-order valence-electron chi connectivity index (χ2n) is 7.41. The number of carbonyl (C=O) groups is 1. The van der Waals surface area contributed by atoms with Gasteiger partial charge in [0.05, 0.1) is 12.7 Å². The van der Waals surface area contributed by atoms with Crippen LogP contribution in [-0.2, 0) is 4.74 Å². The average molecular weight is 341 g/mol. The molecule has 2 rings (SSSR count). The van der Waals surface area contributed by atoms with Gasteiger partial charge in [0, 0.05) is 12.2 Å². The average Bonchev–Trinajstić information content (AvgIpc) is 2.60. The summed E-state index contributed by atoms with van der Waals surface area (Å²) in [5.41, 5.74) is 1.72. The zero-order valence-corrected chi connectivity index (χ0v) is 16.0. The first-order chi connectivity index (χ1) is 12.0. The molecule has 0 saturated heterocycles. The molecule has 0 fully saturated rings. The number of hydrogen-bond acceptors (Lipinski definition) is 3. The molecule has 3 nitrogen and oxygen atoms in total. The minimum atomic E-state index is -0.296. The number of carbonyl (C=O) groups excluding carboxylic acids is 1. The number of hydrogen-bond donors (Lipinski definition) is 1. The molecular weight excluding hydrogens is 310 g/mol.